The van der Waals surface area contributed by atoms with Crippen LogP contribution in [0.5, 0.6) is 0 Å². The standard InChI is InChI=1S/C12H12N2O3/c1-7-11(6-15)14-9(5-13-7)3-2-8-4-10(8)12(16)17/h5,8,10,15H,4,6H2,1H3,(H,16,17). The molecule has 0 saturated heterocycles. The normalized spacial score (nSPS) is 21.5. The predicted molar refractivity (Wildman–Crippen MR) is 58.8 cm³/mol. The fourth-order valence-corrected chi connectivity index (χ4v) is 1.49. The minimum absolute atomic E-state index is 0.0758. The summed E-state index contributed by atoms with van der Waals surface area (Å²) in [6.07, 6.45) is 2.13. The lowest BCUT2D eigenvalue weighted by molar-refractivity contribution is -0.138. The lowest BCUT2D eigenvalue weighted by Crippen LogP contribution is -2.00. The van der Waals surface area contributed by atoms with Crippen LogP contribution in [0.25, 0.3) is 0 Å². The summed E-state index contributed by atoms with van der Waals surface area (Å²) >= 11 is 0. The molecule has 0 aromatic carbocycles. The average Bonchev–Trinajstić information content (AvgIpc) is 3.07. The molecular formula is C12H12N2O3. The number of carboxylic acids is 1. The molecule has 0 bridgehead atoms. The molecule has 0 aliphatic heterocycles. The Morgan fingerprint density at radius 3 is 3.00 bits per heavy atom. The summed E-state index contributed by atoms with van der Waals surface area (Å²) in [5, 5.41) is 17.7. The number of hydrogen-bond donors (Lipinski definition) is 2. The van der Waals surface area contributed by atoms with Gasteiger partial charge in [-0.25, -0.2) is 4.98 Å². The first-order valence-corrected chi connectivity index (χ1v) is 5.29. The number of nitrogens with zero attached hydrogens (tertiary/aromatic N) is 2. The number of hydrogen-bond acceptors (Lipinski definition) is 4. The van der Waals surface area contributed by atoms with E-state index in [9.17, 15) is 4.79 Å². The quantitative estimate of drug-likeness (QED) is 0.719. The van der Waals surface area contributed by atoms with E-state index < -0.39 is 5.97 Å². The molecule has 17 heavy (non-hydrogen) atoms. The smallest absolute Gasteiger partial charge is 0.307 e. The number of aromatic nitrogens is 2. The Hall–Kier alpha value is -1.93. The third-order valence-electron chi connectivity index (χ3n) is 2.70. The van der Waals surface area contributed by atoms with Crippen LogP contribution in [0.1, 0.15) is 23.5 Å². The molecule has 5 heteroatoms. The van der Waals surface area contributed by atoms with E-state index in [0.717, 1.165) is 0 Å². The van der Waals surface area contributed by atoms with E-state index in [1.54, 1.807) is 6.92 Å². The maximum Gasteiger partial charge on any atom is 0.307 e. The van der Waals surface area contributed by atoms with E-state index in [0.29, 0.717) is 23.5 Å². The van der Waals surface area contributed by atoms with Crippen LogP contribution in [0.15, 0.2) is 6.20 Å². The van der Waals surface area contributed by atoms with E-state index in [-0.39, 0.29) is 18.4 Å². The molecular weight excluding hydrogens is 220 g/mol. The van der Waals surface area contributed by atoms with Crippen molar-refractivity contribution >= 4 is 5.97 Å². The summed E-state index contributed by atoms with van der Waals surface area (Å²) in [4.78, 5) is 18.8. The molecule has 0 radical (unpaired) electrons. The number of aliphatic hydroxyl groups excluding tert-OH is 1. The third kappa shape index (κ3) is 2.60. The summed E-state index contributed by atoms with van der Waals surface area (Å²) in [5.41, 5.74) is 1.64. The van der Waals surface area contributed by atoms with Gasteiger partial charge in [0.1, 0.15) is 5.69 Å². The Morgan fingerprint density at radius 1 is 1.65 bits per heavy atom. The van der Waals surface area contributed by atoms with Crippen molar-refractivity contribution in [3.63, 3.8) is 0 Å². The van der Waals surface area contributed by atoms with Gasteiger partial charge in [-0.1, -0.05) is 5.92 Å². The first-order chi connectivity index (χ1) is 8.11. The van der Waals surface area contributed by atoms with Gasteiger partial charge in [0.15, 0.2) is 0 Å². The van der Waals surface area contributed by atoms with Crippen molar-refractivity contribution in [3.05, 3.63) is 23.3 Å². The first-order valence-electron chi connectivity index (χ1n) is 5.29. The van der Waals surface area contributed by atoms with Crippen LogP contribution < -0.4 is 0 Å². The predicted octanol–water partition coefficient (Wildman–Crippen LogP) is 0.350. The number of aryl methyl sites for hydroxylation is 1. The largest absolute Gasteiger partial charge is 0.481 e. The SMILES string of the molecule is Cc1ncc(C#CC2CC2C(=O)O)nc1CO. The summed E-state index contributed by atoms with van der Waals surface area (Å²) in [6.45, 7) is 1.59. The number of aliphatic hydroxyl groups is 1. The molecule has 0 amide bonds. The number of rotatable bonds is 2. The van der Waals surface area contributed by atoms with Crippen molar-refractivity contribution in [2.45, 2.75) is 20.0 Å². The molecule has 1 aromatic rings. The van der Waals surface area contributed by atoms with E-state index in [4.69, 9.17) is 10.2 Å². The second kappa shape index (κ2) is 4.52. The summed E-state index contributed by atoms with van der Waals surface area (Å²) in [7, 11) is 0. The molecule has 1 aliphatic carbocycles. The minimum atomic E-state index is -0.796. The van der Waals surface area contributed by atoms with Crippen LogP contribution in [0.4, 0.5) is 0 Å². The van der Waals surface area contributed by atoms with Gasteiger partial charge in [-0.3, -0.25) is 9.78 Å². The van der Waals surface area contributed by atoms with Crippen molar-refractivity contribution < 1.29 is 15.0 Å². The number of carboxylic acid groups (broad SMARTS) is 1. The highest BCUT2D eigenvalue weighted by molar-refractivity contribution is 5.74. The molecule has 5 nitrogen and oxygen atoms in total. The van der Waals surface area contributed by atoms with Crippen LogP contribution in [-0.4, -0.2) is 26.2 Å². The van der Waals surface area contributed by atoms with Crippen LogP contribution in [0.3, 0.4) is 0 Å². The molecule has 2 rings (SSSR count). The van der Waals surface area contributed by atoms with E-state index in [1.165, 1.54) is 6.20 Å². The van der Waals surface area contributed by atoms with Crippen LogP contribution in [0, 0.1) is 30.6 Å². The molecule has 1 heterocycles. The zero-order valence-electron chi connectivity index (χ0n) is 9.34. The van der Waals surface area contributed by atoms with Gasteiger partial charge in [-0.15, -0.1) is 0 Å². The zero-order valence-corrected chi connectivity index (χ0v) is 9.34. The van der Waals surface area contributed by atoms with E-state index >= 15 is 0 Å². The topological polar surface area (TPSA) is 83.3 Å². The highest BCUT2D eigenvalue weighted by Gasteiger charge is 2.42. The molecule has 2 unspecified atom stereocenters. The van der Waals surface area contributed by atoms with Gasteiger partial charge >= 0.3 is 5.97 Å². The van der Waals surface area contributed by atoms with E-state index in [2.05, 4.69) is 21.8 Å². The van der Waals surface area contributed by atoms with Crippen molar-refractivity contribution in [3.8, 4) is 11.8 Å². The lowest BCUT2D eigenvalue weighted by atomic mass is 10.3. The Morgan fingerprint density at radius 2 is 2.41 bits per heavy atom. The second-order valence-electron chi connectivity index (χ2n) is 4.00. The van der Waals surface area contributed by atoms with Crippen molar-refractivity contribution in [1.29, 1.82) is 0 Å². The zero-order chi connectivity index (χ0) is 12.4. The van der Waals surface area contributed by atoms with Gasteiger partial charge < -0.3 is 10.2 Å². The Bertz CT molecular complexity index is 516. The first kappa shape index (κ1) is 11.6. The second-order valence-corrected chi connectivity index (χ2v) is 4.00. The van der Waals surface area contributed by atoms with Gasteiger partial charge in [0.25, 0.3) is 0 Å². The van der Waals surface area contributed by atoms with E-state index in [1.807, 2.05) is 0 Å². The summed E-state index contributed by atoms with van der Waals surface area (Å²) in [6, 6.07) is 0. The van der Waals surface area contributed by atoms with Gasteiger partial charge in [0, 0.05) is 5.92 Å². The summed E-state index contributed by atoms with van der Waals surface area (Å²) in [5.74, 6) is 4.45. The highest BCUT2D eigenvalue weighted by atomic mass is 16.4. The summed E-state index contributed by atoms with van der Waals surface area (Å²) < 4.78 is 0. The van der Waals surface area contributed by atoms with Gasteiger partial charge in [0.2, 0.25) is 0 Å². The van der Waals surface area contributed by atoms with Gasteiger partial charge in [-0.05, 0) is 19.3 Å². The van der Waals surface area contributed by atoms with Crippen molar-refractivity contribution in [2.75, 3.05) is 0 Å². The monoisotopic (exact) mass is 232 g/mol. The molecule has 1 aromatic heterocycles. The fraction of sp³-hybridized carbons (Fsp3) is 0.417. The van der Waals surface area contributed by atoms with Gasteiger partial charge in [-0.2, -0.15) is 0 Å². The van der Waals surface area contributed by atoms with Crippen molar-refractivity contribution in [2.24, 2.45) is 11.8 Å². The van der Waals surface area contributed by atoms with Crippen LogP contribution in [0.2, 0.25) is 0 Å². The number of carbonyl (C=O) groups is 1. The van der Waals surface area contributed by atoms with Crippen LogP contribution >= 0.6 is 0 Å². The Kier molecular flexibility index (Phi) is 3.07. The lowest BCUT2D eigenvalue weighted by Gasteiger charge is -1.99. The molecule has 1 fully saturated rings. The van der Waals surface area contributed by atoms with Crippen molar-refractivity contribution in [1.82, 2.24) is 9.97 Å². The molecule has 2 atom stereocenters. The van der Waals surface area contributed by atoms with Gasteiger partial charge in [0.05, 0.1) is 30.1 Å². The Balaban J connectivity index is 2.10. The highest BCUT2D eigenvalue weighted by Crippen LogP contribution is 2.37. The number of aliphatic carboxylic acids is 1. The van der Waals surface area contributed by atoms with Crippen LogP contribution in [-0.2, 0) is 11.4 Å². The fourth-order valence-electron chi connectivity index (χ4n) is 1.49. The maximum absolute atomic E-state index is 10.6. The Labute approximate surface area is 98.5 Å². The molecule has 1 aliphatic rings. The molecule has 2 N–H and O–H groups in total. The maximum atomic E-state index is 10.6. The average molecular weight is 232 g/mol. The molecule has 1 saturated carbocycles. The molecule has 0 spiro atoms. The third-order valence-corrected chi connectivity index (χ3v) is 2.70. The molecule has 88 valence electrons. The minimum Gasteiger partial charge on any atom is -0.481 e.